The van der Waals surface area contributed by atoms with Crippen LogP contribution in [0.2, 0.25) is 0 Å². The standard InChI is InChI=1S/C18H23FO6/c1-5-22-16(21)18(4,19)14(13-11-23-17(2,3)25-13)24-15(20)12-9-7-6-8-10-12/h6-10,13-14H,5,11H2,1-4H3. The average molecular weight is 354 g/mol. The van der Waals surface area contributed by atoms with Crippen molar-refractivity contribution in [2.45, 2.75) is 51.4 Å². The van der Waals surface area contributed by atoms with Crippen molar-refractivity contribution < 1.29 is 32.9 Å². The van der Waals surface area contributed by atoms with E-state index in [1.54, 1.807) is 39.0 Å². The van der Waals surface area contributed by atoms with Crippen molar-refractivity contribution >= 4 is 11.9 Å². The van der Waals surface area contributed by atoms with Gasteiger partial charge in [-0.2, -0.15) is 0 Å². The topological polar surface area (TPSA) is 71.1 Å². The highest BCUT2D eigenvalue weighted by Crippen LogP contribution is 2.33. The fourth-order valence-corrected chi connectivity index (χ4v) is 2.55. The number of alkyl halides is 1. The lowest BCUT2D eigenvalue weighted by Gasteiger charge is -2.32. The largest absolute Gasteiger partial charge is 0.464 e. The Balaban J connectivity index is 2.26. The zero-order valence-electron chi connectivity index (χ0n) is 14.8. The molecule has 2 rings (SSSR count). The minimum absolute atomic E-state index is 0.00517. The molecule has 6 nitrogen and oxygen atoms in total. The summed E-state index contributed by atoms with van der Waals surface area (Å²) >= 11 is 0. The number of rotatable bonds is 6. The summed E-state index contributed by atoms with van der Waals surface area (Å²) in [7, 11) is 0. The Hall–Kier alpha value is -1.99. The molecule has 3 atom stereocenters. The van der Waals surface area contributed by atoms with E-state index >= 15 is 4.39 Å². The minimum Gasteiger partial charge on any atom is -0.464 e. The summed E-state index contributed by atoms with van der Waals surface area (Å²) < 4.78 is 36.4. The predicted octanol–water partition coefficient (Wildman–Crippen LogP) is 2.65. The summed E-state index contributed by atoms with van der Waals surface area (Å²) in [6, 6.07) is 8.13. The molecular weight excluding hydrogens is 331 g/mol. The van der Waals surface area contributed by atoms with E-state index in [1.807, 2.05) is 0 Å². The molecule has 1 aromatic rings. The number of halogens is 1. The van der Waals surface area contributed by atoms with E-state index in [9.17, 15) is 9.59 Å². The smallest absolute Gasteiger partial charge is 0.347 e. The van der Waals surface area contributed by atoms with E-state index in [4.69, 9.17) is 18.9 Å². The van der Waals surface area contributed by atoms with E-state index in [0.29, 0.717) is 0 Å². The third kappa shape index (κ3) is 4.55. The second kappa shape index (κ2) is 7.49. The predicted molar refractivity (Wildman–Crippen MR) is 86.7 cm³/mol. The number of carbonyl (C=O) groups excluding carboxylic acids is 2. The molecule has 1 saturated heterocycles. The molecule has 0 bridgehead atoms. The van der Waals surface area contributed by atoms with Crippen molar-refractivity contribution in [3.8, 4) is 0 Å². The lowest BCUT2D eigenvalue weighted by Crippen LogP contribution is -2.53. The summed E-state index contributed by atoms with van der Waals surface area (Å²) in [5.41, 5.74) is -2.35. The lowest BCUT2D eigenvalue weighted by atomic mass is 9.96. The molecule has 0 radical (unpaired) electrons. The summed E-state index contributed by atoms with van der Waals surface area (Å²) in [5, 5.41) is 0. The fourth-order valence-electron chi connectivity index (χ4n) is 2.55. The SMILES string of the molecule is CCOC(=O)C(C)(F)C(OC(=O)c1ccccc1)C1COC(C)(C)O1. The molecule has 0 aromatic heterocycles. The molecule has 1 aliphatic rings. The quantitative estimate of drug-likeness (QED) is 0.732. The van der Waals surface area contributed by atoms with Crippen molar-refractivity contribution in [1.29, 1.82) is 0 Å². The van der Waals surface area contributed by atoms with Gasteiger partial charge < -0.3 is 18.9 Å². The van der Waals surface area contributed by atoms with Crippen LogP contribution in [0.4, 0.5) is 4.39 Å². The van der Waals surface area contributed by atoms with Crippen LogP contribution in [-0.4, -0.2) is 48.8 Å². The maximum atomic E-state index is 15.2. The van der Waals surface area contributed by atoms with E-state index in [-0.39, 0.29) is 18.8 Å². The first kappa shape index (κ1) is 19.3. The molecule has 0 spiro atoms. The molecule has 25 heavy (non-hydrogen) atoms. The van der Waals surface area contributed by atoms with Crippen molar-refractivity contribution in [2.75, 3.05) is 13.2 Å². The van der Waals surface area contributed by atoms with Gasteiger partial charge in [0.15, 0.2) is 11.9 Å². The Labute approximate surface area is 146 Å². The maximum absolute atomic E-state index is 15.2. The first-order valence-corrected chi connectivity index (χ1v) is 8.11. The molecule has 7 heteroatoms. The van der Waals surface area contributed by atoms with Crippen molar-refractivity contribution in [2.24, 2.45) is 0 Å². The van der Waals surface area contributed by atoms with Crippen LogP contribution >= 0.6 is 0 Å². The molecule has 1 heterocycles. The zero-order chi connectivity index (χ0) is 18.7. The van der Waals surface area contributed by atoms with E-state index in [1.165, 1.54) is 12.1 Å². The van der Waals surface area contributed by atoms with Crippen LogP contribution in [0.3, 0.4) is 0 Å². The highest BCUT2D eigenvalue weighted by Gasteiger charge is 2.54. The second-order valence-corrected chi connectivity index (χ2v) is 6.36. The monoisotopic (exact) mass is 354 g/mol. The van der Waals surface area contributed by atoms with E-state index in [2.05, 4.69) is 0 Å². The number of carbonyl (C=O) groups is 2. The number of hydrogen-bond donors (Lipinski definition) is 0. The van der Waals surface area contributed by atoms with Gasteiger partial charge in [-0.3, -0.25) is 0 Å². The summed E-state index contributed by atoms with van der Waals surface area (Å²) in [6.07, 6.45) is -2.46. The molecule has 0 saturated carbocycles. The fraction of sp³-hybridized carbons (Fsp3) is 0.556. The van der Waals surface area contributed by atoms with E-state index in [0.717, 1.165) is 6.92 Å². The highest BCUT2D eigenvalue weighted by molar-refractivity contribution is 5.90. The molecule has 1 aromatic carbocycles. The Kier molecular flexibility index (Phi) is 5.80. The Morgan fingerprint density at radius 1 is 1.36 bits per heavy atom. The van der Waals surface area contributed by atoms with Crippen LogP contribution in [0.15, 0.2) is 30.3 Å². The Bertz CT molecular complexity index is 613. The van der Waals surface area contributed by atoms with Gasteiger partial charge in [-0.15, -0.1) is 0 Å². The van der Waals surface area contributed by atoms with Crippen LogP contribution in [-0.2, 0) is 23.7 Å². The normalized spacial score (nSPS) is 22.7. The molecule has 0 aliphatic carbocycles. The van der Waals surface area contributed by atoms with Gasteiger partial charge in [0.25, 0.3) is 0 Å². The summed E-state index contributed by atoms with van der Waals surface area (Å²) in [6.45, 7) is 5.88. The third-order valence-electron chi connectivity index (χ3n) is 3.82. The molecule has 1 aliphatic heterocycles. The third-order valence-corrected chi connectivity index (χ3v) is 3.82. The highest BCUT2D eigenvalue weighted by atomic mass is 19.1. The molecule has 0 amide bonds. The zero-order valence-corrected chi connectivity index (χ0v) is 14.8. The summed E-state index contributed by atoms with van der Waals surface area (Å²) in [4.78, 5) is 24.4. The molecule has 0 N–H and O–H groups in total. The van der Waals surface area contributed by atoms with Crippen LogP contribution in [0.25, 0.3) is 0 Å². The number of hydrogen-bond acceptors (Lipinski definition) is 6. The average Bonchev–Trinajstić information content (AvgIpc) is 2.92. The maximum Gasteiger partial charge on any atom is 0.347 e. The molecule has 1 fully saturated rings. The van der Waals surface area contributed by atoms with Gasteiger partial charge >= 0.3 is 11.9 Å². The minimum atomic E-state index is -2.59. The van der Waals surface area contributed by atoms with Crippen molar-refractivity contribution in [1.82, 2.24) is 0 Å². The van der Waals surface area contributed by atoms with Crippen LogP contribution in [0, 0.1) is 0 Å². The van der Waals surface area contributed by atoms with Gasteiger partial charge in [-0.1, -0.05) is 18.2 Å². The molecule has 138 valence electrons. The Morgan fingerprint density at radius 2 is 2.00 bits per heavy atom. The van der Waals surface area contributed by atoms with Crippen LogP contribution < -0.4 is 0 Å². The van der Waals surface area contributed by atoms with Crippen molar-refractivity contribution in [3.05, 3.63) is 35.9 Å². The molecular formula is C18H23FO6. The van der Waals surface area contributed by atoms with Gasteiger partial charge in [0.05, 0.1) is 18.8 Å². The Morgan fingerprint density at radius 3 is 2.52 bits per heavy atom. The number of ether oxygens (including phenoxy) is 4. The number of benzene rings is 1. The summed E-state index contributed by atoms with van der Waals surface area (Å²) in [5.74, 6) is -2.84. The van der Waals surface area contributed by atoms with Crippen LogP contribution in [0.5, 0.6) is 0 Å². The van der Waals surface area contributed by atoms with Gasteiger partial charge in [-0.25, -0.2) is 14.0 Å². The van der Waals surface area contributed by atoms with Crippen LogP contribution in [0.1, 0.15) is 38.1 Å². The first-order valence-electron chi connectivity index (χ1n) is 8.11. The number of esters is 2. The van der Waals surface area contributed by atoms with Gasteiger partial charge in [0.1, 0.15) is 6.10 Å². The first-order chi connectivity index (χ1) is 11.7. The lowest BCUT2D eigenvalue weighted by molar-refractivity contribution is -0.183. The van der Waals surface area contributed by atoms with Crippen molar-refractivity contribution in [3.63, 3.8) is 0 Å². The van der Waals surface area contributed by atoms with Gasteiger partial charge in [-0.05, 0) is 39.8 Å². The van der Waals surface area contributed by atoms with Gasteiger partial charge in [0, 0.05) is 0 Å². The second-order valence-electron chi connectivity index (χ2n) is 6.36. The van der Waals surface area contributed by atoms with E-state index < -0.39 is 35.6 Å². The van der Waals surface area contributed by atoms with Gasteiger partial charge in [0.2, 0.25) is 5.67 Å². The molecule has 3 unspecified atom stereocenters.